The van der Waals surface area contributed by atoms with Gasteiger partial charge in [0.25, 0.3) is 0 Å². The van der Waals surface area contributed by atoms with Crippen molar-refractivity contribution >= 4 is 48.5 Å². The first kappa shape index (κ1) is 17.8. The van der Waals surface area contributed by atoms with E-state index < -0.39 is 15.9 Å². The van der Waals surface area contributed by atoms with Gasteiger partial charge >= 0.3 is 0 Å². The summed E-state index contributed by atoms with van der Waals surface area (Å²) in [5.74, 6) is -1.17. The van der Waals surface area contributed by atoms with Gasteiger partial charge in [-0.3, -0.25) is 14.5 Å². The first-order chi connectivity index (χ1) is 11.9. The zero-order chi connectivity index (χ0) is 18.0. The van der Waals surface area contributed by atoms with E-state index in [9.17, 15) is 18.0 Å². The van der Waals surface area contributed by atoms with Crippen molar-refractivity contribution in [2.75, 3.05) is 30.8 Å². The Kier molecular flexibility index (Phi) is 5.02. The maximum atomic E-state index is 12.3. The predicted molar refractivity (Wildman–Crippen MR) is 95.9 cm³/mol. The Morgan fingerprint density at radius 1 is 1.40 bits per heavy atom. The van der Waals surface area contributed by atoms with Crippen molar-refractivity contribution in [2.24, 2.45) is 5.92 Å². The number of hydrogen-bond acceptors (Lipinski definition) is 6. The summed E-state index contributed by atoms with van der Waals surface area (Å²) in [6.45, 7) is 0.261. The van der Waals surface area contributed by atoms with Crippen molar-refractivity contribution in [1.29, 1.82) is 0 Å². The summed E-state index contributed by atoms with van der Waals surface area (Å²) >= 11 is 1.41. The molecule has 1 aromatic carbocycles. The number of carbonyl (C=O) groups is 2. The molecule has 1 aliphatic heterocycles. The molecule has 2 amide bonds. The zero-order valence-corrected chi connectivity index (χ0v) is 15.2. The minimum Gasteiger partial charge on any atom is -0.355 e. The maximum Gasteiger partial charge on any atom is 0.229 e. The van der Waals surface area contributed by atoms with Gasteiger partial charge in [0, 0.05) is 19.5 Å². The smallest absolute Gasteiger partial charge is 0.229 e. The van der Waals surface area contributed by atoms with Crippen molar-refractivity contribution in [2.45, 2.75) is 6.42 Å². The van der Waals surface area contributed by atoms with Crippen LogP contribution >= 0.6 is 11.3 Å². The lowest BCUT2D eigenvalue weighted by atomic mass is 10.1. The highest BCUT2D eigenvalue weighted by molar-refractivity contribution is 7.89. The van der Waals surface area contributed by atoms with Crippen LogP contribution in [0.4, 0.5) is 5.13 Å². The Balaban J connectivity index is 1.63. The van der Waals surface area contributed by atoms with E-state index >= 15 is 0 Å². The van der Waals surface area contributed by atoms with Crippen LogP contribution in [-0.4, -0.2) is 51.1 Å². The lowest BCUT2D eigenvalue weighted by Gasteiger charge is -2.13. The monoisotopic (exact) mass is 382 g/mol. The first-order valence-electron chi connectivity index (χ1n) is 7.74. The normalized spacial score (nSPS) is 18.0. The van der Waals surface area contributed by atoms with Gasteiger partial charge in [0.15, 0.2) is 5.13 Å². The number of fused-ring (bicyclic) bond motifs is 1. The number of rotatable bonds is 6. The summed E-state index contributed by atoms with van der Waals surface area (Å²) in [6, 6.07) is 7.60. The molecule has 1 aromatic heterocycles. The van der Waals surface area contributed by atoms with E-state index in [1.807, 2.05) is 24.3 Å². The number of nitrogens with zero attached hydrogens (tertiary/aromatic N) is 2. The molecular weight excluding hydrogens is 364 g/mol. The fourth-order valence-electron chi connectivity index (χ4n) is 2.60. The number of nitrogens with one attached hydrogen (secondary N) is 2. The molecule has 3 rings (SSSR count). The summed E-state index contributed by atoms with van der Waals surface area (Å²) < 4.78 is 25.9. The van der Waals surface area contributed by atoms with Gasteiger partial charge in [0.2, 0.25) is 21.8 Å². The number of carbonyl (C=O) groups excluding carboxylic acids is 2. The molecule has 1 saturated heterocycles. The van der Waals surface area contributed by atoms with Crippen LogP contribution in [0, 0.1) is 5.92 Å². The predicted octanol–water partition coefficient (Wildman–Crippen LogP) is 0.315. The molecule has 0 saturated carbocycles. The molecule has 0 aliphatic carbocycles. The molecule has 1 aliphatic rings. The van der Waals surface area contributed by atoms with Gasteiger partial charge in [0.05, 0.1) is 21.9 Å². The van der Waals surface area contributed by atoms with E-state index in [0.717, 1.165) is 10.2 Å². The van der Waals surface area contributed by atoms with E-state index in [2.05, 4.69) is 15.0 Å². The minimum absolute atomic E-state index is 0.00777. The van der Waals surface area contributed by atoms with Gasteiger partial charge < -0.3 is 5.32 Å². The largest absolute Gasteiger partial charge is 0.355 e. The van der Waals surface area contributed by atoms with Crippen LogP contribution in [0.15, 0.2) is 24.3 Å². The second-order valence-electron chi connectivity index (χ2n) is 5.68. The standard InChI is InChI=1S/C15H18N4O4S2/c1-16-25(22,23)7-6-17-14(21)10-8-13(20)19(9-10)15-18-11-4-2-3-5-12(11)24-15/h2-5,10,16H,6-9H2,1H3,(H,17,21). The number of hydrogen-bond donors (Lipinski definition) is 2. The van der Waals surface area contributed by atoms with Crippen LogP contribution in [0.3, 0.4) is 0 Å². The first-order valence-corrected chi connectivity index (χ1v) is 10.2. The van der Waals surface area contributed by atoms with Crippen molar-refractivity contribution in [3.8, 4) is 0 Å². The summed E-state index contributed by atoms with van der Waals surface area (Å²) in [7, 11) is -2.05. The average Bonchev–Trinajstić information content (AvgIpc) is 3.17. The SMILES string of the molecule is CNS(=O)(=O)CCNC(=O)C1CC(=O)N(c2nc3ccccc3s2)C1. The molecule has 1 atom stereocenters. The summed E-state index contributed by atoms with van der Waals surface area (Å²) in [4.78, 5) is 30.4. The van der Waals surface area contributed by atoms with E-state index in [4.69, 9.17) is 0 Å². The van der Waals surface area contributed by atoms with E-state index in [1.165, 1.54) is 23.3 Å². The van der Waals surface area contributed by atoms with Crippen LogP contribution < -0.4 is 14.9 Å². The van der Waals surface area contributed by atoms with Crippen molar-refractivity contribution < 1.29 is 18.0 Å². The third kappa shape index (κ3) is 3.97. The fourth-order valence-corrected chi connectivity index (χ4v) is 4.17. The van der Waals surface area contributed by atoms with Crippen LogP contribution in [0.5, 0.6) is 0 Å². The van der Waals surface area contributed by atoms with Crippen LogP contribution in [-0.2, 0) is 19.6 Å². The minimum atomic E-state index is -3.37. The fraction of sp³-hybridized carbons (Fsp3) is 0.400. The molecule has 2 N–H and O–H groups in total. The van der Waals surface area contributed by atoms with E-state index in [0.29, 0.717) is 5.13 Å². The number of para-hydroxylation sites is 1. The Morgan fingerprint density at radius 3 is 2.88 bits per heavy atom. The van der Waals surface area contributed by atoms with Crippen LogP contribution in [0.2, 0.25) is 0 Å². The average molecular weight is 382 g/mol. The second-order valence-corrected chi connectivity index (χ2v) is 8.74. The Hall–Kier alpha value is -2.04. The molecule has 10 heteroatoms. The van der Waals surface area contributed by atoms with Gasteiger partial charge in [-0.15, -0.1) is 0 Å². The van der Waals surface area contributed by atoms with Gasteiger partial charge in [-0.1, -0.05) is 23.5 Å². The second kappa shape index (κ2) is 7.06. The van der Waals surface area contributed by atoms with Crippen LogP contribution in [0.1, 0.15) is 6.42 Å². The number of aromatic nitrogens is 1. The molecule has 0 bridgehead atoms. The highest BCUT2D eigenvalue weighted by atomic mass is 32.2. The highest BCUT2D eigenvalue weighted by Crippen LogP contribution is 2.32. The topological polar surface area (TPSA) is 108 Å². The third-order valence-electron chi connectivity index (χ3n) is 3.99. The molecule has 2 aromatic rings. The number of sulfonamides is 1. The maximum absolute atomic E-state index is 12.3. The summed E-state index contributed by atoms with van der Waals surface area (Å²) in [6.07, 6.45) is 0.0978. The molecule has 1 unspecified atom stereocenters. The molecular formula is C15H18N4O4S2. The molecule has 8 nitrogen and oxygen atoms in total. The number of benzene rings is 1. The zero-order valence-electron chi connectivity index (χ0n) is 13.6. The Bertz CT molecular complexity index is 876. The van der Waals surface area contributed by atoms with Crippen molar-refractivity contribution in [1.82, 2.24) is 15.0 Å². The molecule has 134 valence electrons. The molecule has 2 heterocycles. The quantitative estimate of drug-likeness (QED) is 0.748. The number of amides is 2. The Morgan fingerprint density at radius 2 is 2.16 bits per heavy atom. The van der Waals surface area contributed by atoms with E-state index in [1.54, 1.807) is 0 Å². The Labute approximate surface area is 149 Å². The summed E-state index contributed by atoms with van der Waals surface area (Å²) in [5.41, 5.74) is 0.820. The lowest BCUT2D eigenvalue weighted by molar-refractivity contribution is -0.126. The highest BCUT2D eigenvalue weighted by Gasteiger charge is 2.36. The number of thiazole rings is 1. The van der Waals surface area contributed by atoms with Crippen molar-refractivity contribution in [3.63, 3.8) is 0 Å². The van der Waals surface area contributed by atoms with Gasteiger partial charge in [-0.05, 0) is 19.2 Å². The number of anilines is 1. The lowest BCUT2D eigenvalue weighted by Crippen LogP contribution is -2.37. The van der Waals surface area contributed by atoms with Crippen LogP contribution in [0.25, 0.3) is 10.2 Å². The molecule has 25 heavy (non-hydrogen) atoms. The van der Waals surface area contributed by atoms with Gasteiger partial charge in [0.1, 0.15) is 0 Å². The van der Waals surface area contributed by atoms with E-state index in [-0.39, 0.29) is 37.1 Å². The molecule has 0 spiro atoms. The van der Waals surface area contributed by atoms with Crippen molar-refractivity contribution in [3.05, 3.63) is 24.3 Å². The molecule has 1 fully saturated rings. The van der Waals surface area contributed by atoms with Gasteiger partial charge in [-0.2, -0.15) is 0 Å². The van der Waals surface area contributed by atoms with Gasteiger partial charge in [-0.25, -0.2) is 18.1 Å². The summed E-state index contributed by atoms with van der Waals surface area (Å²) in [5, 5.41) is 3.16. The molecule has 0 radical (unpaired) electrons. The third-order valence-corrected chi connectivity index (χ3v) is 6.41.